The van der Waals surface area contributed by atoms with Crippen LogP contribution in [0.4, 0.5) is 17.1 Å². The Morgan fingerprint density at radius 3 is 2.29 bits per heavy atom. The van der Waals surface area contributed by atoms with Crippen molar-refractivity contribution in [3.63, 3.8) is 0 Å². The van der Waals surface area contributed by atoms with Crippen LogP contribution in [0.3, 0.4) is 0 Å². The van der Waals surface area contributed by atoms with E-state index in [1.165, 1.54) is 15.4 Å². The molecule has 7 rings (SSSR count). The number of anilines is 1. The molecule has 4 aliphatic rings. The lowest BCUT2D eigenvalue weighted by Crippen LogP contribution is -2.57. The summed E-state index contributed by atoms with van der Waals surface area (Å²) in [5.74, 6) is -0.0977. The number of hydrogen-bond donors (Lipinski definition) is 1. The Bertz CT molecular complexity index is 1580. The molecule has 1 saturated carbocycles. The lowest BCUT2D eigenvalue weighted by molar-refractivity contribution is -0.393. The summed E-state index contributed by atoms with van der Waals surface area (Å²) in [4.78, 5) is 47.4. The summed E-state index contributed by atoms with van der Waals surface area (Å²) in [7, 11) is 0. The Hall–Kier alpha value is -4.81. The Morgan fingerprint density at radius 1 is 0.914 bits per heavy atom. The molecule has 2 aliphatic heterocycles. The highest BCUT2D eigenvalue weighted by Gasteiger charge is 2.55. The molecule has 1 N–H and O–H groups in total. The van der Waals surface area contributed by atoms with E-state index in [-0.39, 0.29) is 23.6 Å². The van der Waals surface area contributed by atoms with E-state index in [1.54, 1.807) is 30.3 Å². The highest BCUT2D eigenvalue weighted by Crippen LogP contribution is 2.52. The molecule has 2 aliphatic carbocycles. The van der Waals surface area contributed by atoms with Crippen molar-refractivity contribution in [2.75, 3.05) is 5.43 Å². The summed E-state index contributed by atoms with van der Waals surface area (Å²) < 4.78 is 4.13. The third-order valence-corrected chi connectivity index (χ3v) is 6.90. The van der Waals surface area contributed by atoms with Crippen molar-refractivity contribution in [1.82, 2.24) is 13.9 Å². The molecule has 1 fully saturated rings. The molecule has 0 spiro atoms. The number of allylic oxidation sites excluding steroid dienone is 2. The molecule has 1 aromatic heterocycles. The van der Waals surface area contributed by atoms with Crippen LogP contribution in [0.5, 0.6) is 0 Å². The summed E-state index contributed by atoms with van der Waals surface area (Å²) in [6.07, 6.45) is 4.37. The standard InChI is InChI=1S/C22H17N7O6/c30-21-25(12-4-2-1-3-5-12)22(31)27-18-9-8-17(26(21)27)14-11-16(20(14)18)24-23-15-7-6-13(28(32)33)10-19(15)29(34)35/h1-10,14,17-18,20,23H,11H2/b24-16-/t14-,17-,18-,20-/m1/s1. The molecule has 176 valence electrons. The molecule has 3 heterocycles. The minimum atomic E-state index is -0.713. The first-order chi connectivity index (χ1) is 16.9. The smallest absolute Gasteiger partial charge is 0.272 e. The number of nitro benzene ring substituents is 2. The van der Waals surface area contributed by atoms with Crippen molar-refractivity contribution >= 4 is 22.8 Å². The highest BCUT2D eigenvalue weighted by atomic mass is 16.6. The van der Waals surface area contributed by atoms with E-state index in [0.29, 0.717) is 17.8 Å². The second-order valence-electron chi connectivity index (χ2n) is 8.62. The highest BCUT2D eigenvalue weighted by molar-refractivity contribution is 5.94. The molecule has 13 heteroatoms. The van der Waals surface area contributed by atoms with E-state index in [2.05, 4.69) is 10.5 Å². The van der Waals surface area contributed by atoms with Crippen molar-refractivity contribution in [1.29, 1.82) is 0 Å². The molecule has 0 saturated heterocycles. The zero-order chi connectivity index (χ0) is 24.4. The number of para-hydroxylation sites is 1. The van der Waals surface area contributed by atoms with Crippen molar-refractivity contribution in [2.24, 2.45) is 16.9 Å². The number of benzene rings is 2. The van der Waals surface area contributed by atoms with Gasteiger partial charge in [-0.1, -0.05) is 30.4 Å². The van der Waals surface area contributed by atoms with Gasteiger partial charge in [0.2, 0.25) is 0 Å². The summed E-state index contributed by atoms with van der Waals surface area (Å²) in [6.45, 7) is 0. The normalized spacial score (nSPS) is 24.5. The van der Waals surface area contributed by atoms with Gasteiger partial charge in [-0.3, -0.25) is 25.7 Å². The van der Waals surface area contributed by atoms with Gasteiger partial charge in [0.25, 0.3) is 5.69 Å². The fourth-order valence-electron chi connectivity index (χ4n) is 5.30. The van der Waals surface area contributed by atoms with Crippen LogP contribution in [0, 0.1) is 32.1 Å². The first-order valence-electron chi connectivity index (χ1n) is 10.8. The third-order valence-electron chi connectivity index (χ3n) is 6.90. The Balaban J connectivity index is 1.35. The van der Waals surface area contributed by atoms with E-state index in [0.717, 1.165) is 16.7 Å². The van der Waals surface area contributed by atoms with Crippen LogP contribution in [0.25, 0.3) is 5.69 Å². The first kappa shape index (κ1) is 20.8. The van der Waals surface area contributed by atoms with Crippen molar-refractivity contribution in [3.05, 3.63) is 102 Å². The molecule has 35 heavy (non-hydrogen) atoms. The number of non-ortho nitro benzene ring substituents is 1. The summed E-state index contributed by atoms with van der Waals surface area (Å²) >= 11 is 0. The second-order valence-corrected chi connectivity index (χ2v) is 8.62. The number of hydrazone groups is 1. The van der Waals surface area contributed by atoms with Gasteiger partial charge in [0, 0.05) is 23.6 Å². The third kappa shape index (κ3) is 2.90. The van der Waals surface area contributed by atoms with Crippen LogP contribution in [-0.4, -0.2) is 29.5 Å². The SMILES string of the molecule is O=c1n(-c2ccccc2)c(=O)n2n1[C@@H]1C=C[C@@H]2[C@H]2/C(=N\Nc3ccc([N+](=O)[O-])cc3[N+](=O)[O-])C[C@@H]21. The lowest BCUT2D eigenvalue weighted by Gasteiger charge is -2.52. The van der Waals surface area contributed by atoms with Gasteiger partial charge in [-0.15, -0.1) is 0 Å². The van der Waals surface area contributed by atoms with E-state index in [9.17, 15) is 29.8 Å². The molecule has 2 bridgehead atoms. The van der Waals surface area contributed by atoms with E-state index in [4.69, 9.17) is 0 Å². The van der Waals surface area contributed by atoms with Gasteiger partial charge in [0.05, 0.1) is 33.7 Å². The predicted octanol–water partition coefficient (Wildman–Crippen LogP) is 2.39. The van der Waals surface area contributed by atoms with Gasteiger partial charge >= 0.3 is 17.1 Å². The molecule has 4 atom stereocenters. The number of aromatic nitrogens is 3. The number of nitrogens with one attached hydrogen (secondary N) is 1. The topological polar surface area (TPSA) is 160 Å². The first-order valence-corrected chi connectivity index (χ1v) is 10.8. The second kappa shape index (κ2) is 7.35. The molecular weight excluding hydrogens is 458 g/mol. The van der Waals surface area contributed by atoms with Crippen LogP contribution in [-0.2, 0) is 0 Å². The molecule has 0 unspecified atom stereocenters. The Morgan fingerprint density at radius 2 is 1.60 bits per heavy atom. The van der Waals surface area contributed by atoms with Crippen LogP contribution in [0.2, 0.25) is 0 Å². The molecule has 2 aromatic carbocycles. The molecule has 3 aromatic rings. The minimum Gasteiger partial charge on any atom is -0.272 e. The molecule has 13 nitrogen and oxygen atoms in total. The largest absolute Gasteiger partial charge is 0.352 e. The van der Waals surface area contributed by atoms with Gasteiger partial charge in [0.15, 0.2) is 0 Å². The molecule has 0 amide bonds. The molecular formula is C22H17N7O6. The van der Waals surface area contributed by atoms with Gasteiger partial charge < -0.3 is 0 Å². The zero-order valence-corrected chi connectivity index (χ0v) is 17.9. The summed E-state index contributed by atoms with van der Waals surface area (Å²) in [5, 5.41) is 26.7. The number of nitrogens with zero attached hydrogens (tertiary/aromatic N) is 6. The zero-order valence-electron chi connectivity index (χ0n) is 17.9. The maximum absolute atomic E-state index is 13.3. The fourth-order valence-corrected chi connectivity index (χ4v) is 5.30. The van der Waals surface area contributed by atoms with E-state index >= 15 is 0 Å². The van der Waals surface area contributed by atoms with Gasteiger partial charge in [-0.25, -0.2) is 23.5 Å². The fraction of sp³-hybridized carbons (Fsp3) is 0.227. The Labute approximate surface area is 195 Å². The average molecular weight is 475 g/mol. The maximum Gasteiger partial charge on any atom is 0.352 e. The van der Waals surface area contributed by atoms with Crippen LogP contribution < -0.4 is 16.8 Å². The van der Waals surface area contributed by atoms with E-state index in [1.807, 2.05) is 12.2 Å². The van der Waals surface area contributed by atoms with Gasteiger partial charge in [-0.2, -0.15) is 5.10 Å². The maximum atomic E-state index is 13.3. The van der Waals surface area contributed by atoms with Crippen molar-refractivity contribution in [2.45, 2.75) is 18.5 Å². The number of rotatable bonds is 5. The summed E-state index contributed by atoms with van der Waals surface area (Å²) in [6, 6.07) is 11.3. The number of hydrogen-bond acceptors (Lipinski definition) is 8. The van der Waals surface area contributed by atoms with Crippen molar-refractivity contribution in [3.8, 4) is 5.69 Å². The van der Waals surface area contributed by atoms with Crippen LogP contribution in [0.15, 0.2) is 75.4 Å². The van der Waals surface area contributed by atoms with Crippen LogP contribution >= 0.6 is 0 Å². The van der Waals surface area contributed by atoms with E-state index < -0.39 is 38.6 Å². The summed E-state index contributed by atoms with van der Waals surface area (Å²) in [5.41, 5.74) is 2.20. The Kier molecular flexibility index (Phi) is 4.36. The van der Waals surface area contributed by atoms with Gasteiger partial charge in [0.1, 0.15) is 5.69 Å². The number of nitro groups is 2. The van der Waals surface area contributed by atoms with Crippen LogP contribution in [0.1, 0.15) is 18.5 Å². The van der Waals surface area contributed by atoms with Crippen molar-refractivity contribution < 1.29 is 9.85 Å². The minimum absolute atomic E-state index is 0.0253. The quantitative estimate of drug-likeness (QED) is 0.337. The van der Waals surface area contributed by atoms with Gasteiger partial charge in [-0.05, 0) is 24.6 Å². The monoisotopic (exact) mass is 475 g/mol. The lowest BCUT2D eigenvalue weighted by atomic mass is 9.61. The molecule has 0 radical (unpaired) electrons. The average Bonchev–Trinajstić information content (AvgIpc) is 3.11. The predicted molar refractivity (Wildman–Crippen MR) is 124 cm³/mol.